The smallest absolute Gasteiger partial charge is 0.138 e. The van der Waals surface area contributed by atoms with E-state index in [1.165, 1.54) is 71.1 Å². The highest BCUT2D eigenvalue weighted by Gasteiger charge is 2.22. The number of ether oxygens (including phenoxy) is 2. The third kappa shape index (κ3) is 13.6. The van der Waals surface area contributed by atoms with E-state index in [-0.39, 0.29) is 11.0 Å². The topological polar surface area (TPSA) is 50.8 Å². The first-order valence-corrected chi connectivity index (χ1v) is 15.0. The Kier molecular flexibility index (Phi) is 14.0. The lowest BCUT2D eigenvalue weighted by molar-refractivity contribution is -0.127. The van der Waals surface area contributed by atoms with Gasteiger partial charge in [-0.15, -0.1) is 0 Å². The Hall–Kier alpha value is -0.910. The lowest BCUT2D eigenvalue weighted by Gasteiger charge is -2.32. The molecule has 5 nitrogen and oxygen atoms in total. The SMILES string of the molecule is C=C(CCN1CCC(CCCC2CCNCC2)CC1)OCCCC(C)(C)OCCCC(=O)C(C)(C)C. The molecule has 2 rings (SSSR count). The molecule has 0 radical (unpaired) electrons. The fraction of sp³-hybridized carbons (Fsp3) is 0.903. The lowest BCUT2D eigenvalue weighted by atomic mass is 9.87. The van der Waals surface area contributed by atoms with Gasteiger partial charge in [0.2, 0.25) is 0 Å². The van der Waals surface area contributed by atoms with Gasteiger partial charge in [0.05, 0.1) is 18.0 Å². The van der Waals surface area contributed by atoms with Gasteiger partial charge in [0.25, 0.3) is 0 Å². The molecule has 210 valence electrons. The maximum absolute atomic E-state index is 12.0. The number of hydrogen-bond acceptors (Lipinski definition) is 5. The highest BCUT2D eigenvalue weighted by Crippen LogP contribution is 2.26. The molecule has 0 aromatic carbocycles. The van der Waals surface area contributed by atoms with Crippen molar-refractivity contribution in [3.8, 4) is 0 Å². The van der Waals surface area contributed by atoms with Crippen LogP contribution in [0.3, 0.4) is 0 Å². The second kappa shape index (κ2) is 16.1. The molecule has 0 saturated carbocycles. The monoisotopic (exact) mass is 506 g/mol. The van der Waals surface area contributed by atoms with Gasteiger partial charge in [-0.05, 0) is 96.8 Å². The predicted octanol–water partition coefficient (Wildman–Crippen LogP) is 6.76. The number of likely N-dealkylation sites (tertiary alicyclic amines) is 1. The van der Waals surface area contributed by atoms with Crippen LogP contribution in [-0.2, 0) is 14.3 Å². The number of nitrogens with zero attached hydrogens (tertiary/aromatic N) is 1. The van der Waals surface area contributed by atoms with E-state index >= 15 is 0 Å². The van der Waals surface area contributed by atoms with Crippen LogP contribution in [0.2, 0.25) is 0 Å². The van der Waals surface area contributed by atoms with Crippen molar-refractivity contribution >= 4 is 5.78 Å². The number of carbonyl (C=O) groups excluding carboxylic acids is 1. The molecule has 2 fully saturated rings. The Labute approximate surface area is 223 Å². The van der Waals surface area contributed by atoms with E-state index in [1.54, 1.807) is 0 Å². The number of rotatable bonds is 17. The number of nitrogens with one attached hydrogen (secondary N) is 1. The van der Waals surface area contributed by atoms with Crippen molar-refractivity contribution in [1.29, 1.82) is 0 Å². The summed E-state index contributed by atoms with van der Waals surface area (Å²) in [5, 5.41) is 3.48. The van der Waals surface area contributed by atoms with E-state index in [9.17, 15) is 4.79 Å². The molecule has 2 saturated heterocycles. The second-order valence-electron chi connectivity index (χ2n) is 13.0. The van der Waals surface area contributed by atoms with E-state index in [0.717, 1.165) is 49.8 Å². The van der Waals surface area contributed by atoms with Crippen molar-refractivity contribution in [2.45, 2.75) is 117 Å². The zero-order valence-electron chi connectivity index (χ0n) is 24.5. The van der Waals surface area contributed by atoms with Gasteiger partial charge in [0, 0.05) is 31.4 Å². The first-order valence-electron chi connectivity index (χ1n) is 15.0. The molecule has 1 N–H and O–H groups in total. The van der Waals surface area contributed by atoms with Gasteiger partial charge < -0.3 is 19.7 Å². The van der Waals surface area contributed by atoms with Crippen LogP contribution in [0.25, 0.3) is 0 Å². The standard InChI is InChI=1S/C31H58N2O3/c1-26(35-24-9-18-31(5,6)36-25-8-12-29(34)30(2,3)4)15-21-33-22-16-28(17-23-33)11-7-10-27-13-19-32-20-14-27/h27-28,32H,1,7-25H2,2-6H3. The van der Waals surface area contributed by atoms with Crippen LogP contribution in [-0.4, -0.2) is 62.2 Å². The molecule has 0 aromatic rings. The van der Waals surface area contributed by atoms with E-state index in [4.69, 9.17) is 9.47 Å². The Balaban J connectivity index is 1.45. The Morgan fingerprint density at radius 3 is 2.17 bits per heavy atom. The molecule has 2 heterocycles. The van der Waals surface area contributed by atoms with Gasteiger partial charge in [0.15, 0.2) is 0 Å². The van der Waals surface area contributed by atoms with Crippen LogP contribution >= 0.6 is 0 Å². The molecule has 0 atom stereocenters. The molecule has 0 bridgehead atoms. The third-order valence-electron chi connectivity index (χ3n) is 8.20. The van der Waals surface area contributed by atoms with Gasteiger partial charge in [-0.2, -0.15) is 0 Å². The first kappa shape index (κ1) is 31.3. The van der Waals surface area contributed by atoms with Crippen molar-refractivity contribution in [2.24, 2.45) is 17.3 Å². The number of hydrogen-bond donors (Lipinski definition) is 1. The van der Waals surface area contributed by atoms with Gasteiger partial charge >= 0.3 is 0 Å². The summed E-state index contributed by atoms with van der Waals surface area (Å²) in [7, 11) is 0. The quantitative estimate of drug-likeness (QED) is 0.174. The zero-order valence-corrected chi connectivity index (χ0v) is 24.5. The minimum Gasteiger partial charge on any atom is -0.499 e. The maximum atomic E-state index is 12.0. The fourth-order valence-electron chi connectivity index (χ4n) is 5.46. The molecule has 2 aliphatic heterocycles. The van der Waals surface area contributed by atoms with Crippen molar-refractivity contribution in [2.75, 3.05) is 45.9 Å². The Morgan fingerprint density at radius 2 is 1.53 bits per heavy atom. The number of carbonyl (C=O) groups is 1. The molecule has 0 aliphatic carbocycles. The van der Waals surface area contributed by atoms with E-state index in [1.807, 2.05) is 20.8 Å². The third-order valence-corrected chi connectivity index (χ3v) is 8.20. The summed E-state index contributed by atoms with van der Waals surface area (Å²) < 4.78 is 12.0. The summed E-state index contributed by atoms with van der Waals surface area (Å²) >= 11 is 0. The zero-order chi connectivity index (χ0) is 26.4. The molecule has 5 heteroatoms. The number of Topliss-reactive ketones (excluding diaryl/α,β-unsaturated/α-hetero) is 1. The molecule has 0 spiro atoms. The maximum Gasteiger partial charge on any atom is 0.138 e. The van der Waals surface area contributed by atoms with Crippen molar-refractivity contribution < 1.29 is 14.3 Å². The molecular formula is C31H58N2O3. The molecule has 36 heavy (non-hydrogen) atoms. The summed E-state index contributed by atoms with van der Waals surface area (Å²) in [6.45, 7) is 21.7. The van der Waals surface area contributed by atoms with E-state index in [2.05, 4.69) is 30.6 Å². The Morgan fingerprint density at radius 1 is 0.889 bits per heavy atom. The van der Waals surface area contributed by atoms with Crippen molar-refractivity contribution in [3.63, 3.8) is 0 Å². The van der Waals surface area contributed by atoms with Crippen LogP contribution in [0.15, 0.2) is 12.3 Å². The molecule has 2 aliphatic rings. The van der Waals surface area contributed by atoms with E-state index < -0.39 is 0 Å². The summed E-state index contributed by atoms with van der Waals surface area (Å²) in [5.74, 6) is 3.14. The van der Waals surface area contributed by atoms with Crippen LogP contribution in [0.1, 0.15) is 112 Å². The van der Waals surface area contributed by atoms with Crippen LogP contribution in [0.5, 0.6) is 0 Å². The second-order valence-corrected chi connectivity index (χ2v) is 13.0. The summed E-state index contributed by atoms with van der Waals surface area (Å²) in [5.41, 5.74) is -0.439. The first-order chi connectivity index (χ1) is 17.0. The fourth-order valence-corrected chi connectivity index (χ4v) is 5.46. The molecule has 0 aromatic heterocycles. The Bertz CT molecular complexity index is 626. The lowest BCUT2D eigenvalue weighted by Crippen LogP contribution is -2.34. The highest BCUT2D eigenvalue weighted by atomic mass is 16.5. The summed E-state index contributed by atoms with van der Waals surface area (Å²) in [4.78, 5) is 14.6. The minimum absolute atomic E-state index is 0.187. The average molecular weight is 507 g/mol. The van der Waals surface area contributed by atoms with Gasteiger partial charge in [-0.1, -0.05) is 46.6 Å². The highest BCUT2D eigenvalue weighted by molar-refractivity contribution is 5.83. The van der Waals surface area contributed by atoms with Crippen LogP contribution in [0, 0.1) is 17.3 Å². The minimum atomic E-state index is -0.252. The van der Waals surface area contributed by atoms with Crippen molar-refractivity contribution in [1.82, 2.24) is 10.2 Å². The van der Waals surface area contributed by atoms with Gasteiger partial charge in [-0.3, -0.25) is 4.79 Å². The van der Waals surface area contributed by atoms with E-state index in [0.29, 0.717) is 25.4 Å². The average Bonchev–Trinajstić information content (AvgIpc) is 2.84. The summed E-state index contributed by atoms with van der Waals surface area (Å²) in [6.07, 6.45) is 14.0. The molecule has 0 amide bonds. The van der Waals surface area contributed by atoms with Crippen LogP contribution < -0.4 is 5.32 Å². The molecule has 0 unspecified atom stereocenters. The summed E-state index contributed by atoms with van der Waals surface area (Å²) in [6, 6.07) is 0. The van der Waals surface area contributed by atoms with Crippen LogP contribution in [0.4, 0.5) is 0 Å². The number of piperidine rings is 2. The molecular weight excluding hydrogens is 448 g/mol. The van der Waals surface area contributed by atoms with Gasteiger partial charge in [-0.25, -0.2) is 0 Å². The largest absolute Gasteiger partial charge is 0.499 e. The normalized spacial score (nSPS) is 18.9. The van der Waals surface area contributed by atoms with Crippen molar-refractivity contribution in [3.05, 3.63) is 12.3 Å². The predicted molar refractivity (Wildman–Crippen MR) is 151 cm³/mol. The van der Waals surface area contributed by atoms with Gasteiger partial charge in [0.1, 0.15) is 5.78 Å². The number of ketones is 1.